The number of nitrogens with one attached hydrogen (secondary N) is 1. The molecule has 0 bridgehead atoms. The van der Waals surface area contributed by atoms with Crippen molar-refractivity contribution in [3.8, 4) is 0 Å². The number of halogens is 2. The Morgan fingerprint density at radius 1 is 1.41 bits per heavy atom. The number of carbonyl (C=O) groups excluding carboxylic acids is 1. The summed E-state index contributed by atoms with van der Waals surface area (Å²) in [5.74, 6) is 0.750. The van der Waals surface area contributed by atoms with E-state index in [1.807, 2.05) is 31.2 Å². The number of carbonyl (C=O) groups is 1. The van der Waals surface area contributed by atoms with E-state index in [1.165, 1.54) is 7.11 Å². The van der Waals surface area contributed by atoms with Gasteiger partial charge in [-0.15, -0.1) is 24.8 Å². The lowest BCUT2D eigenvalue weighted by atomic mass is 10.3. The number of hydrogen-bond donors (Lipinski definition) is 2. The molecule has 3 N–H and O–H groups in total. The van der Waals surface area contributed by atoms with Crippen molar-refractivity contribution in [3.05, 3.63) is 30.1 Å². The van der Waals surface area contributed by atoms with Crippen molar-refractivity contribution in [1.82, 2.24) is 14.9 Å². The van der Waals surface area contributed by atoms with Gasteiger partial charge < -0.3 is 20.4 Å². The molecule has 0 saturated carbocycles. The fourth-order valence-electron chi connectivity index (χ4n) is 2.19. The predicted molar refractivity (Wildman–Crippen MR) is 91.8 cm³/mol. The molecule has 8 heteroatoms. The molecule has 0 fully saturated rings. The summed E-state index contributed by atoms with van der Waals surface area (Å²) < 4.78 is 7.07. The molecule has 22 heavy (non-hydrogen) atoms. The molecular weight excluding hydrogens is 327 g/mol. The summed E-state index contributed by atoms with van der Waals surface area (Å²) in [6, 6.07) is 7.95. The average molecular weight is 349 g/mol. The van der Waals surface area contributed by atoms with E-state index in [2.05, 4.69) is 14.9 Å². The van der Waals surface area contributed by atoms with Gasteiger partial charge in [-0.1, -0.05) is 12.1 Å². The zero-order valence-corrected chi connectivity index (χ0v) is 14.2. The predicted octanol–water partition coefficient (Wildman–Crippen LogP) is 1.28. The molecule has 0 aliphatic heterocycles. The first kappa shape index (κ1) is 20.7. The molecule has 1 atom stereocenters. The normalized spacial score (nSPS) is 11.4. The first-order valence-electron chi connectivity index (χ1n) is 6.59. The fourth-order valence-corrected chi connectivity index (χ4v) is 2.19. The van der Waals surface area contributed by atoms with E-state index in [0.717, 1.165) is 16.9 Å². The van der Waals surface area contributed by atoms with Gasteiger partial charge in [-0.05, 0) is 19.1 Å². The van der Waals surface area contributed by atoms with Crippen LogP contribution in [0.4, 0.5) is 0 Å². The van der Waals surface area contributed by atoms with E-state index in [1.54, 1.807) is 0 Å². The van der Waals surface area contributed by atoms with Gasteiger partial charge in [0, 0.05) is 26.7 Å². The maximum Gasteiger partial charge on any atom is 0.250 e. The van der Waals surface area contributed by atoms with Crippen molar-refractivity contribution in [2.45, 2.75) is 19.6 Å². The summed E-state index contributed by atoms with van der Waals surface area (Å²) in [5, 5.41) is 2.82. The van der Waals surface area contributed by atoms with Crippen molar-refractivity contribution < 1.29 is 9.53 Å². The molecular formula is C14H22Cl2N4O2. The van der Waals surface area contributed by atoms with Gasteiger partial charge in [-0.25, -0.2) is 4.98 Å². The Morgan fingerprint density at radius 2 is 2.09 bits per heavy atom. The zero-order valence-electron chi connectivity index (χ0n) is 12.6. The van der Waals surface area contributed by atoms with Crippen LogP contribution >= 0.6 is 24.8 Å². The number of aromatic nitrogens is 2. The number of ether oxygens (including phenoxy) is 1. The van der Waals surface area contributed by atoms with E-state index in [4.69, 9.17) is 10.5 Å². The van der Waals surface area contributed by atoms with Crippen molar-refractivity contribution in [2.75, 3.05) is 20.2 Å². The van der Waals surface area contributed by atoms with Crippen LogP contribution in [0, 0.1) is 6.92 Å². The van der Waals surface area contributed by atoms with Gasteiger partial charge >= 0.3 is 0 Å². The summed E-state index contributed by atoms with van der Waals surface area (Å²) in [6.45, 7) is 3.31. The number of nitrogens with zero attached hydrogens (tertiary/aromatic N) is 2. The van der Waals surface area contributed by atoms with Crippen molar-refractivity contribution >= 4 is 41.8 Å². The summed E-state index contributed by atoms with van der Waals surface area (Å²) in [7, 11) is 1.48. The number of methoxy groups -OCH3 is 1. The number of hydrogen-bond acceptors (Lipinski definition) is 4. The Bertz CT molecular complexity index is 600. The zero-order chi connectivity index (χ0) is 14.5. The van der Waals surface area contributed by atoms with Gasteiger partial charge in [0.05, 0.1) is 11.0 Å². The molecule has 124 valence electrons. The standard InChI is InChI=1S/C14H20N4O2.2ClH/c1-10-17-11-5-3-4-6-12(11)18(10)8-7-16-14(19)13(9-15)20-2;;/h3-6,13H,7-9,15H2,1-2H3,(H,16,19);2*1H. The van der Waals surface area contributed by atoms with Crippen LogP contribution in [0.1, 0.15) is 5.82 Å². The van der Waals surface area contributed by atoms with Gasteiger partial charge in [0.2, 0.25) is 0 Å². The first-order chi connectivity index (χ1) is 9.67. The summed E-state index contributed by atoms with van der Waals surface area (Å²) >= 11 is 0. The second-order valence-electron chi connectivity index (χ2n) is 4.55. The van der Waals surface area contributed by atoms with Crippen LogP contribution in [0.25, 0.3) is 11.0 Å². The smallest absolute Gasteiger partial charge is 0.250 e. The largest absolute Gasteiger partial charge is 0.370 e. The lowest BCUT2D eigenvalue weighted by Gasteiger charge is -2.13. The number of benzene rings is 1. The molecule has 1 unspecified atom stereocenters. The van der Waals surface area contributed by atoms with Crippen LogP contribution in [0.3, 0.4) is 0 Å². The molecule has 6 nitrogen and oxygen atoms in total. The molecule has 1 aromatic heterocycles. The summed E-state index contributed by atoms with van der Waals surface area (Å²) in [4.78, 5) is 16.2. The van der Waals surface area contributed by atoms with Gasteiger partial charge in [-0.3, -0.25) is 4.79 Å². The number of imidazole rings is 1. The molecule has 1 heterocycles. The highest BCUT2D eigenvalue weighted by Crippen LogP contribution is 2.14. The van der Waals surface area contributed by atoms with Crippen molar-refractivity contribution in [1.29, 1.82) is 0 Å². The third-order valence-electron chi connectivity index (χ3n) is 3.27. The van der Waals surface area contributed by atoms with Gasteiger partial charge in [0.15, 0.2) is 0 Å². The van der Waals surface area contributed by atoms with Crippen LogP contribution in [-0.2, 0) is 16.1 Å². The molecule has 0 aliphatic carbocycles. The number of rotatable bonds is 6. The highest BCUT2D eigenvalue weighted by molar-refractivity contribution is 5.85. The van der Waals surface area contributed by atoms with Gasteiger partial charge in [-0.2, -0.15) is 0 Å². The van der Waals surface area contributed by atoms with Crippen molar-refractivity contribution in [3.63, 3.8) is 0 Å². The Morgan fingerprint density at radius 3 is 2.73 bits per heavy atom. The summed E-state index contributed by atoms with van der Waals surface area (Å²) in [5.41, 5.74) is 7.48. The number of para-hydroxylation sites is 2. The van der Waals surface area contributed by atoms with E-state index in [9.17, 15) is 4.79 Å². The maximum atomic E-state index is 11.7. The van der Waals surface area contributed by atoms with Crippen LogP contribution in [-0.4, -0.2) is 41.8 Å². The maximum absolute atomic E-state index is 11.7. The van der Waals surface area contributed by atoms with Gasteiger partial charge in [0.1, 0.15) is 11.9 Å². The third-order valence-corrected chi connectivity index (χ3v) is 3.27. The minimum atomic E-state index is -0.587. The minimum Gasteiger partial charge on any atom is -0.370 e. The second kappa shape index (κ2) is 9.63. The fraction of sp³-hybridized carbons (Fsp3) is 0.429. The third kappa shape index (κ3) is 4.58. The number of aryl methyl sites for hydroxylation is 1. The van der Waals surface area contributed by atoms with Crippen LogP contribution in [0.15, 0.2) is 24.3 Å². The van der Waals surface area contributed by atoms with Crippen LogP contribution in [0.5, 0.6) is 0 Å². The quantitative estimate of drug-likeness (QED) is 0.823. The Labute approximate surface area is 142 Å². The average Bonchev–Trinajstić information content (AvgIpc) is 2.76. The Balaban J connectivity index is 0.00000220. The number of nitrogens with two attached hydrogens (primary N) is 1. The highest BCUT2D eigenvalue weighted by Gasteiger charge is 2.15. The summed E-state index contributed by atoms with van der Waals surface area (Å²) in [6.07, 6.45) is -0.587. The molecule has 0 radical (unpaired) electrons. The molecule has 0 saturated heterocycles. The highest BCUT2D eigenvalue weighted by atomic mass is 35.5. The minimum absolute atomic E-state index is 0. The monoisotopic (exact) mass is 348 g/mol. The van der Waals surface area contributed by atoms with Crippen molar-refractivity contribution in [2.24, 2.45) is 5.73 Å². The van der Waals surface area contributed by atoms with E-state index < -0.39 is 6.10 Å². The van der Waals surface area contributed by atoms with E-state index in [-0.39, 0.29) is 37.3 Å². The molecule has 2 rings (SSSR count). The Hall–Kier alpha value is -1.34. The molecule has 0 spiro atoms. The SMILES string of the molecule is COC(CN)C(=O)NCCn1c(C)nc2ccccc21.Cl.Cl. The molecule has 0 aliphatic rings. The lowest BCUT2D eigenvalue weighted by molar-refractivity contribution is -0.130. The Kier molecular flexibility index (Phi) is 9.04. The number of fused-ring (bicyclic) bond motifs is 1. The first-order valence-corrected chi connectivity index (χ1v) is 6.59. The molecule has 1 amide bonds. The van der Waals surface area contributed by atoms with Crippen LogP contribution in [0.2, 0.25) is 0 Å². The number of amides is 1. The van der Waals surface area contributed by atoms with E-state index >= 15 is 0 Å². The topological polar surface area (TPSA) is 82.2 Å². The molecule has 1 aromatic carbocycles. The molecule has 2 aromatic rings. The lowest BCUT2D eigenvalue weighted by Crippen LogP contribution is -2.41. The van der Waals surface area contributed by atoms with E-state index in [0.29, 0.717) is 13.1 Å². The second-order valence-corrected chi connectivity index (χ2v) is 4.55. The van der Waals surface area contributed by atoms with Crippen LogP contribution < -0.4 is 11.1 Å². The van der Waals surface area contributed by atoms with Gasteiger partial charge in [0.25, 0.3) is 5.91 Å².